The monoisotopic (exact) mass is 303 g/mol. The highest BCUT2D eigenvalue weighted by molar-refractivity contribution is 5.79. The number of hydrogen-bond acceptors (Lipinski definition) is 4. The molecule has 0 spiro atoms. The zero-order chi connectivity index (χ0) is 15.5. The highest BCUT2D eigenvalue weighted by atomic mass is 16.5. The van der Waals surface area contributed by atoms with Crippen molar-refractivity contribution in [3.8, 4) is 0 Å². The van der Waals surface area contributed by atoms with Gasteiger partial charge in [0.1, 0.15) is 0 Å². The highest BCUT2D eigenvalue weighted by Crippen LogP contribution is 2.35. The fraction of sp³-hybridized carbons (Fsp3) is 0.533. The minimum absolute atomic E-state index is 0.124. The Bertz CT molecular complexity index is 622. The lowest BCUT2D eigenvalue weighted by atomic mass is 9.96. The van der Waals surface area contributed by atoms with Gasteiger partial charge in [-0.05, 0) is 12.5 Å². The lowest BCUT2D eigenvalue weighted by molar-refractivity contribution is -0.136. The zero-order valence-electron chi connectivity index (χ0n) is 12.9. The summed E-state index contributed by atoms with van der Waals surface area (Å²) in [6.07, 6.45) is 7.90. The maximum atomic E-state index is 12.7. The molecule has 2 aromatic heterocycles. The van der Waals surface area contributed by atoms with Crippen LogP contribution in [0.4, 0.5) is 0 Å². The number of ether oxygens (including phenoxy) is 1. The summed E-state index contributed by atoms with van der Waals surface area (Å²) in [6.45, 7) is 1.94. The predicted octanol–water partition coefficient (Wildman–Crippen LogP) is 0.853. The largest absolute Gasteiger partial charge is 0.373 e. The van der Waals surface area contributed by atoms with Crippen molar-refractivity contribution in [3.05, 3.63) is 36.4 Å². The van der Waals surface area contributed by atoms with Crippen molar-refractivity contribution < 1.29 is 9.53 Å². The van der Waals surface area contributed by atoms with Crippen molar-refractivity contribution in [2.45, 2.75) is 19.1 Å². The van der Waals surface area contributed by atoms with Crippen molar-refractivity contribution in [2.75, 3.05) is 20.2 Å². The summed E-state index contributed by atoms with van der Waals surface area (Å²) in [6, 6.07) is 1.88. The summed E-state index contributed by atoms with van der Waals surface area (Å²) in [7, 11) is 3.70. The number of hydrogen-bond donors (Lipinski definition) is 0. The predicted molar refractivity (Wildman–Crippen MR) is 79.9 cm³/mol. The van der Waals surface area contributed by atoms with Gasteiger partial charge in [-0.2, -0.15) is 10.2 Å². The summed E-state index contributed by atoms with van der Waals surface area (Å²) in [5.41, 5.74) is 0.971. The molecule has 0 N–H and O–H groups in total. The Morgan fingerprint density at radius 1 is 1.50 bits per heavy atom. The second kappa shape index (κ2) is 6.31. The van der Waals surface area contributed by atoms with Crippen LogP contribution in [-0.4, -0.2) is 50.6 Å². The third-order valence-electron chi connectivity index (χ3n) is 4.06. The van der Waals surface area contributed by atoms with Gasteiger partial charge in [0.2, 0.25) is 5.91 Å². The van der Waals surface area contributed by atoms with Gasteiger partial charge in [-0.25, -0.2) is 0 Å². The van der Waals surface area contributed by atoms with Crippen molar-refractivity contribution in [1.82, 2.24) is 24.5 Å². The first-order valence-electron chi connectivity index (χ1n) is 7.47. The van der Waals surface area contributed by atoms with Gasteiger partial charge in [0.05, 0.1) is 24.8 Å². The third-order valence-corrected chi connectivity index (χ3v) is 4.06. The van der Waals surface area contributed by atoms with Crippen LogP contribution in [0.15, 0.2) is 30.9 Å². The molecule has 1 amide bonds. The van der Waals surface area contributed by atoms with Gasteiger partial charge in [-0.1, -0.05) is 0 Å². The second-order valence-electron chi connectivity index (χ2n) is 5.66. The molecule has 7 nitrogen and oxygen atoms in total. The fourth-order valence-corrected chi connectivity index (χ4v) is 2.84. The van der Waals surface area contributed by atoms with Crippen LogP contribution in [0.3, 0.4) is 0 Å². The summed E-state index contributed by atoms with van der Waals surface area (Å²) < 4.78 is 9.33. The maximum Gasteiger partial charge on any atom is 0.228 e. The third kappa shape index (κ3) is 3.04. The molecule has 22 heavy (non-hydrogen) atoms. The molecule has 1 aliphatic rings. The molecule has 0 saturated carbocycles. The molecule has 0 aliphatic carbocycles. The molecular formula is C15H21N5O2. The quantitative estimate of drug-likeness (QED) is 0.821. The molecule has 0 bridgehead atoms. The summed E-state index contributed by atoms with van der Waals surface area (Å²) in [5, 5.41) is 8.32. The van der Waals surface area contributed by atoms with Crippen LogP contribution in [0, 0.1) is 5.92 Å². The number of nitrogens with zero attached hydrogens (tertiary/aromatic N) is 5. The SMILES string of the molecule is CN(CCn1cccn1)C(=O)[C@H]1CCO[C@@H]1c1cnn(C)c1. The Hall–Kier alpha value is -2.15. The van der Waals surface area contributed by atoms with Crippen LogP contribution >= 0.6 is 0 Å². The first-order valence-corrected chi connectivity index (χ1v) is 7.47. The fourth-order valence-electron chi connectivity index (χ4n) is 2.84. The van der Waals surface area contributed by atoms with Gasteiger partial charge in [-0.15, -0.1) is 0 Å². The summed E-state index contributed by atoms with van der Waals surface area (Å²) in [5.74, 6) is -0.00895. The number of likely N-dealkylation sites (N-methyl/N-ethyl adjacent to an activating group) is 1. The Morgan fingerprint density at radius 2 is 2.36 bits per heavy atom. The van der Waals surface area contributed by atoms with E-state index in [0.717, 1.165) is 12.0 Å². The van der Waals surface area contributed by atoms with Crippen LogP contribution in [0.5, 0.6) is 0 Å². The number of aromatic nitrogens is 4. The van der Waals surface area contributed by atoms with E-state index >= 15 is 0 Å². The number of carbonyl (C=O) groups is 1. The average molecular weight is 303 g/mol. The van der Waals surface area contributed by atoms with Gasteiger partial charge in [0.25, 0.3) is 0 Å². The van der Waals surface area contributed by atoms with Crippen LogP contribution < -0.4 is 0 Å². The zero-order valence-corrected chi connectivity index (χ0v) is 12.9. The van der Waals surface area contributed by atoms with E-state index in [2.05, 4.69) is 10.2 Å². The van der Waals surface area contributed by atoms with Gasteiger partial charge >= 0.3 is 0 Å². The number of amides is 1. The van der Waals surface area contributed by atoms with E-state index in [1.807, 2.05) is 37.2 Å². The number of aryl methyl sites for hydroxylation is 1. The first-order chi connectivity index (χ1) is 10.6. The smallest absolute Gasteiger partial charge is 0.228 e. The molecule has 2 aromatic rings. The molecular weight excluding hydrogens is 282 g/mol. The number of carbonyl (C=O) groups excluding carboxylic acids is 1. The molecule has 0 unspecified atom stereocenters. The van der Waals surface area contributed by atoms with Crippen molar-refractivity contribution in [2.24, 2.45) is 13.0 Å². The molecule has 1 saturated heterocycles. The standard InChI is InChI=1S/C15H21N5O2/c1-18(7-8-20-6-3-5-16-20)15(21)13-4-9-22-14(13)12-10-17-19(2)11-12/h3,5-6,10-11,13-14H,4,7-9H2,1-2H3/t13-,14+/m0/s1. The van der Waals surface area contributed by atoms with E-state index < -0.39 is 0 Å². The molecule has 1 fully saturated rings. The Kier molecular flexibility index (Phi) is 4.24. The van der Waals surface area contributed by atoms with E-state index in [0.29, 0.717) is 19.7 Å². The van der Waals surface area contributed by atoms with Gasteiger partial charge in [0.15, 0.2) is 0 Å². The van der Waals surface area contributed by atoms with Crippen LogP contribution in [0.25, 0.3) is 0 Å². The van der Waals surface area contributed by atoms with Gasteiger partial charge in [0, 0.05) is 51.4 Å². The minimum atomic E-state index is -0.187. The van der Waals surface area contributed by atoms with Crippen LogP contribution in [-0.2, 0) is 23.1 Å². The molecule has 118 valence electrons. The topological polar surface area (TPSA) is 65.2 Å². The van der Waals surface area contributed by atoms with Crippen molar-refractivity contribution in [1.29, 1.82) is 0 Å². The number of rotatable bonds is 5. The van der Waals surface area contributed by atoms with Crippen LogP contribution in [0.1, 0.15) is 18.1 Å². The minimum Gasteiger partial charge on any atom is -0.373 e. The molecule has 0 aromatic carbocycles. The molecule has 2 atom stereocenters. The van der Waals surface area contributed by atoms with Crippen molar-refractivity contribution in [3.63, 3.8) is 0 Å². The normalized spacial score (nSPS) is 21.2. The van der Waals surface area contributed by atoms with Crippen molar-refractivity contribution >= 4 is 5.91 Å². The van der Waals surface area contributed by atoms with Gasteiger partial charge < -0.3 is 9.64 Å². The van der Waals surface area contributed by atoms with E-state index in [1.54, 1.807) is 22.0 Å². The molecule has 0 radical (unpaired) electrons. The second-order valence-corrected chi connectivity index (χ2v) is 5.66. The van der Waals surface area contributed by atoms with Crippen LogP contribution in [0.2, 0.25) is 0 Å². The molecule has 7 heteroatoms. The summed E-state index contributed by atoms with van der Waals surface area (Å²) in [4.78, 5) is 14.5. The maximum absolute atomic E-state index is 12.7. The highest BCUT2D eigenvalue weighted by Gasteiger charge is 2.37. The lowest BCUT2D eigenvalue weighted by Gasteiger charge is -2.23. The first kappa shape index (κ1) is 14.8. The van der Waals surface area contributed by atoms with E-state index in [-0.39, 0.29) is 17.9 Å². The van der Waals surface area contributed by atoms with E-state index in [9.17, 15) is 4.79 Å². The van der Waals surface area contributed by atoms with Gasteiger partial charge in [-0.3, -0.25) is 14.2 Å². The Morgan fingerprint density at radius 3 is 3.05 bits per heavy atom. The van der Waals surface area contributed by atoms with E-state index in [4.69, 9.17) is 4.74 Å². The lowest BCUT2D eigenvalue weighted by Crippen LogP contribution is -2.36. The molecule has 3 heterocycles. The van der Waals surface area contributed by atoms with E-state index in [1.165, 1.54) is 0 Å². The Balaban J connectivity index is 1.62. The Labute approximate surface area is 129 Å². The molecule has 3 rings (SSSR count). The molecule has 1 aliphatic heterocycles. The summed E-state index contributed by atoms with van der Waals surface area (Å²) >= 11 is 0. The average Bonchev–Trinajstić information content (AvgIpc) is 3.24.